The van der Waals surface area contributed by atoms with E-state index in [-0.39, 0.29) is 12.6 Å². The molecule has 1 unspecified atom stereocenters. The number of methoxy groups -OCH3 is 1. The van der Waals surface area contributed by atoms with Crippen LogP contribution in [0.1, 0.15) is 12.5 Å². The quantitative estimate of drug-likeness (QED) is 0.746. The van der Waals surface area contributed by atoms with E-state index in [1.54, 1.807) is 18.9 Å². The minimum atomic E-state index is 0.117. The Labute approximate surface area is 101 Å². The molecule has 0 saturated carbocycles. The van der Waals surface area contributed by atoms with E-state index in [9.17, 15) is 0 Å². The summed E-state index contributed by atoms with van der Waals surface area (Å²) in [4.78, 5) is 1.14. The smallest absolute Gasteiger partial charge is 0.132 e. The van der Waals surface area contributed by atoms with Gasteiger partial charge in [0, 0.05) is 17.5 Å². The van der Waals surface area contributed by atoms with E-state index >= 15 is 0 Å². The van der Waals surface area contributed by atoms with Crippen LogP contribution in [0.2, 0.25) is 0 Å². The molecule has 0 aromatic heterocycles. The molecule has 1 aromatic rings. The van der Waals surface area contributed by atoms with Gasteiger partial charge in [0.1, 0.15) is 5.75 Å². The molecule has 0 saturated heterocycles. The van der Waals surface area contributed by atoms with Crippen molar-refractivity contribution in [2.75, 3.05) is 20.0 Å². The maximum atomic E-state index is 8.91. The molecule has 0 aliphatic rings. The van der Waals surface area contributed by atoms with E-state index in [1.807, 2.05) is 19.2 Å². The van der Waals surface area contributed by atoms with Gasteiger partial charge in [-0.2, -0.15) is 0 Å². The van der Waals surface area contributed by atoms with Crippen LogP contribution in [0.15, 0.2) is 23.1 Å². The lowest BCUT2D eigenvalue weighted by molar-refractivity contribution is 0.251. The molecule has 0 amide bonds. The summed E-state index contributed by atoms with van der Waals surface area (Å²) in [5.41, 5.74) is 1.16. The maximum Gasteiger partial charge on any atom is 0.132 e. The fourth-order valence-electron chi connectivity index (χ4n) is 1.35. The standard InChI is InChI=1S/C12H19NO2S/c1-9(8-14)13-7-10-4-5-12(16-3)11(6-10)15-2/h4-6,9,13-14H,7-8H2,1-3H3. The third kappa shape index (κ3) is 3.70. The average molecular weight is 241 g/mol. The number of hydrogen-bond acceptors (Lipinski definition) is 4. The maximum absolute atomic E-state index is 8.91. The van der Waals surface area contributed by atoms with Gasteiger partial charge in [-0.15, -0.1) is 11.8 Å². The van der Waals surface area contributed by atoms with Crippen molar-refractivity contribution in [2.45, 2.75) is 24.4 Å². The predicted molar refractivity (Wildman–Crippen MR) is 68.2 cm³/mol. The van der Waals surface area contributed by atoms with Crippen molar-refractivity contribution in [2.24, 2.45) is 0 Å². The second-order valence-corrected chi connectivity index (χ2v) is 4.50. The summed E-state index contributed by atoms with van der Waals surface area (Å²) in [5.74, 6) is 0.906. The lowest BCUT2D eigenvalue weighted by atomic mass is 10.2. The molecule has 4 heteroatoms. The molecule has 0 spiro atoms. The van der Waals surface area contributed by atoms with Crippen LogP contribution in [0.25, 0.3) is 0 Å². The van der Waals surface area contributed by atoms with Gasteiger partial charge in [-0.1, -0.05) is 6.07 Å². The average Bonchev–Trinajstić information content (AvgIpc) is 2.35. The van der Waals surface area contributed by atoms with Crippen molar-refractivity contribution in [1.29, 1.82) is 0 Å². The highest BCUT2D eigenvalue weighted by Gasteiger charge is 2.04. The van der Waals surface area contributed by atoms with E-state index in [2.05, 4.69) is 17.4 Å². The minimum absolute atomic E-state index is 0.117. The van der Waals surface area contributed by atoms with E-state index < -0.39 is 0 Å². The molecule has 1 aromatic carbocycles. The normalized spacial score (nSPS) is 12.5. The molecular formula is C12H19NO2S. The van der Waals surface area contributed by atoms with Crippen molar-refractivity contribution in [1.82, 2.24) is 5.32 Å². The van der Waals surface area contributed by atoms with Crippen LogP contribution >= 0.6 is 11.8 Å². The highest BCUT2D eigenvalue weighted by atomic mass is 32.2. The molecule has 0 heterocycles. The van der Waals surface area contributed by atoms with Gasteiger partial charge in [0.05, 0.1) is 13.7 Å². The first-order valence-corrected chi connectivity index (χ1v) is 6.49. The van der Waals surface area contributed by atoms with Crippen LogP contribution in [-0.4, -0.2) is 31.1 Å². The zero-order valence-electron chi connectivity index (χ0n) is 9.99. The molecule has 0 radical (unpaired) electrons. The van der Waals surface area contributed by atoms with Gasteiger partial charge in [-0.3, -0.25) is 0 Å². The van der Waals surface area contributed by atoms with E-state index in [4.69, 9.17) is 9.84 Å². The summed E-state index contributed by atoms with van der Waals surface area (Å²) in [7, 11) is 1.68. The van der Waals surface area contributed by atoms with Gasteiger partial charge in [0.25, 0.3) is 0 Å². The number of nitrogens with one attached hydrogen (secondary N) is 1. The summed E-state index contributed by atoms with van der Waals surface area (Å²) in [5, 5.41) is 12.1. The number of aliphatic hydroxyl groups is 1. The monoisotopic (exact) mass is 241 g/mol. The van der Waals surface area contributed by atoms with Crippen molar-refractivity contribution in [3.05, 3.63) is 23.8 Å². The molecule has 16 heavy (non-hydrogen) atoms. The number of ether oxygens (including phenoxy) is 1. The molecule has 0 fully saturated rings. The van der Waals surface area contributed by atoms with Crippen molar-refractivity contribution in [3.63, 3.8) is 0 Å². The fourth-order valence-corrected chi connectivity index (χ4v) is 1.89. The Bertz CT molecular complexity index is 331. The van der Waals surface area contributed by atoms with Crippen LogP contribution in [0.4, 0.5) is 0 Å². The number of thioether (sulfide) groups is 1. The van der Waals surface area contributed by atoms with E-state index in [1.165, 1.54) is 0 Å². The Morgan fingerprint density at radius 3 is 2.81 bits per heavy atom. The van der Waals surface area contributed by atoms with Gasteiger partial charge < -0.3 is 15.2 Å². The highest BCUT2D eigenvalue weighted by Crippen LogP contribution is 2.28. The summed E-state index contributed by atoms with van der Waals surface area (Å²) in [6.45, 7) is 2.85. The van der Waals surface area contributed by atoms with E-state index in [0.29, 0.717) is 0 Å². The van der Waals surface area contributed by atoms with Crippen LogP contribution in [0.5, 0.6) is 5.75 Å². The Balaban J connectivity index is 2.67. The Hall–Kier alpha value is -0.710. The van der Waals surface area contributed by atoms with Gasteiger partial charge in [0.2, 0.25) is 0 Å². The summed E-state index contributed by atoms with van der Waals surface area (Å²) in [6.07, 6.45) is 2.03. The molecule has 2 N–H and O–H groups in total. The predicted octanol–water partition coefficient (Wildman–Crippen LogP) is 1.89. The largest absolute Gasteiger partial charge is 0.496 e. The first kappa shape index (κ1) is 13.4. The SMILES string of the molecule is COc1cc(CNC(C)CO)ccc1SC. The topological polar surface area (TPSA) is 41.5 Å². The van der Waals surface area contributed by atoms with Crippen molar-refractivity contribution < 1.29 is 9.84 Å². The molecular weight excluding hydrogens is 222 g/mol. The molecule has 90 valence electrons. The van der Waals surface area contributed by atoms with Gasteiger partial charge in [-0.05, 0) is 30.9 Å². The molecule has 0 aliphatic carbocycles. The summed E-state index contributed by atoms with van der Waals surface area (Å²) in [6, 6.07) is 6.28. The second-order valence-electron chi connectivity index (χ2n) is 3.65. The first-order chi connectivity index (χ1) is 7.71. The summed E-state index contributed by atoms with van der Waals surface area (Å²) >= 11 is 1.67. The number of aliphatic hydroxyl groups excluding tert-OH is 1. The third-order valence-electron chi connectivity index (χ3n) is 2.38. The van der Waals surface area contributed by atoms with E-state index in [0.717, 1.165) is 22.8 Å². The van der Waals surface area contributed by atoms with Crippen LogP contribution in [0.3, 0.4) is 0 Å². The van der Waals surface area contributed by atoms with Crippen LogP contribution < -0.4 is 10.1 Å². The van der Waals surface area contributed by atoms with Crippen LogP contribution in [-0.2, 0) is 6.54 Å². The molecule has 3 nitrogen and oxygen atoms in total. The zero-order chi connectivity index (χ0) is 12.0. The Morgan fingerprint density at radius 1 is 1.50 bits per heavy atom. The Morgan fingerprint density at radius 2 is 2.25 bits per heavy atom. The summed E-state index contributed by atoms with van der Waals surface area (Å²) < 4.78 is 5.31. The van der Waals surface area contributed by atoms with Gasteiger partial charge in [0.15, 0.2) is 0 Å². The number of rotatable bonds is 6. The fraction of sp³-hybridized carbons (Fsp3) is 0.500. The van der Waals surface area contributed by atoms with Gasteiger partial charge in [-0.25, -0.2) is 0 Å². The number of benzene rings is 1. The zero-order valence-corrected chi connectivity index (χ0v) is 10.8. The lowest BCUT2D eigenvalue weighted by Gasteiger charge is -2.12. The van der Waals surface area contributed by atoms with Crippen molar-refractivity contribution >= 4 is 11.8 Å². The van der Waals surface area contributed by atoms with Crippen LogP contribution in [0, 0.1) is 0 Å². The second kappa shape index (κ2) is 6.78. The van der Waals surface area contributed by atoms with Crippen molar-refractivity contribution in [3.8, 4) is 5.75 Å². The highest BCUT2D eigenvalue weighted by molar-refractivity contribution is 7.98. The molecule has 1 rings (SSSR count). The number of hydrogen-bond donors (Lipinski definition) is 2. The molecule has 1 atom stereocenters. The molecule has 0 bridgehead atoms. The third-order valence-corrected chi connectivity index (χ3v) is 3.15. The van der Waals surface area contributed by atoms with Gasteiger partial charge >= 0.3 is 0 Å². The lowest BCUT2D eigenvalue weighted by Crippen LogP contribution is -2.28. The minimum Gasteiger partial charge on any atom is -0.496 e. The Kier molecular flexibility index (Phi) is 5.66. The molecule has 0 aliphatic heterocycles. The first-order valence-electron chi connectivity index (χ1n) is 5.26.